The molecule has 1 amide bonds. The molecule has 5 heteroatoms. The molecule has 0 fully saturated rings. The zero-order valence-corrected chi connectivity index (χ0v) is 10.3. The Balaban J connectivity index is 1.84. The number of aryl methyl sites for hydroxylation is 1. The van der Waals surface area contributed by atoms with Gasteiger partial charge in [-0.05, 0) is 24.1 Å². The monoisotopic (exact) mass is 244 g/mol. The molecule has 94 valence electrons. The molecule has 0 saturated carbocycles. The second kappa shape index (κ2) is 5.35. The Kier molecular flexibility index (Phi) is 3.62. The summed E-state index contributed by atoms with van der Waals surface area (Å²) in [5.41, 5.74) is 7.49. The molecule has 2 aromatic rings. The van der Waals surface area contributed by atoms with Crippen molar-refractivity contribution >= 4 is 11.6 Å². The Bertz CT molecular complexity index is 530. The zero-order valence-electron chi connectivity index (χ0n) is 10.3. The molecule has 1 aromatic heterocycles. The third-order valence-electron chi connectivity index (χ3n) is 2.70. The molecule has 1 aromatic carbocycles. The number of carbonyl (C=O) groups excluding carboxylic acids is 1. The van der Waals surface area contributed by atoms with Crippen LogP contribution in [0.25, 0.3) is 0 Å². The van der Waals surface area contributed by atoms with Crippen LogP contribution in [0.2, 0.25) is 0 Å². The summed E-state index contributed by atoms with van der Waals surface area (Å²) in [5.74, 6) is 0.269. The van der Waals surface area contributed by atoms with Gasteiger partial charge < -0.3 is 15.6 Å². The van der Waals surface area contributed by atoms with Crippen LogP contribution in [0.1, 0.15) is 16.2 Å². The van der Waals surface area contributed by atoms with E-state index in [4.69, 9.17) is 5.73 Å². The minimum absolute atomic E-state index is 0.155. The lowest BCUT2D eigenvalue weighted by molar-refractivity contribution is 0.0940. The molecule has 2 rings (SSSR count). The van der Waals surface area contributed by atoms with E-state index in [1.807, 2.05) is 24.3 Å². The van der Waals surface area contributed by atoms with Gasteiger partial charge in [0.2, 0.25) is 0 Å². The van der Waals surface area contributed by atoms with Crippen molar-refractivity contribution in [1.29, 1.82) is 0 Å². The number of rotatable bonds is 4. The quantitative estimate of drug-likeness (QED) is 0.787. The standard InChI is InChI=1S/C13H16N4O/c1-17-9-8-15-12(17)13(18)16-7-6-10-2-4-11(14)5-3-10/h2-5,8-9H,6-7,14H2,1H3,(H,16,18). The number of hydrogen-bond acceptors (Lipinski definition) is 3. The van der Waals surface area contributed by atoms with Gasteiger partial charge in [0.1, 0.15) is 0 Å². The van der Waals surface area contributed by atoms with Crippen LogP contribution in [0.3, 0.4) is 0 Å². The number of nitrogens with two attached hydrogens (primary N) is 1. The maximum absolute atomic E-state index is 11.8. The molecular weight excluding hydrogens is 228 g/mol. The maximum atomic E-state index is 11.8. The fourth-order valence-corrected chi connectivity index (χ4v) is 1.67. The molecule has 0 atom stereocenters. The van der Waals surface area contributed by atoms with Gasteiger partial charge in [0.05, 0.1) is 0 Å². The van der Waals surface area contributed by atoms with Gasteiger partial charge in [-0.25, -0.2) is 4.98 Å². The Hall–Kier alpha value is -2.30. The third-order valence-corrected chi connectivity index (χ3v) is 2.70. The molecule has 0 aliphatic rings. The summed E-state index contributed by atoms with van der Waals surface area (Å²) < 4.78 is 1.69. The van der Waals surface area contributed by atoms with Gasteiger partial charge in [-0.3, -0.25) is 4.79 Å². The number of benzene rings is 1. The van der Waals surface area contributed by atoms with Crippen molar-refractivity contribution in [2.45, 2.75) is 6.42 Å². The molecule has 3 N–H and O–H groups in total. The zero-order chi connectivity index (χ0) is 13.0. The van der Waals surface area contributed by atoms with Crippen molar-refractivity contribution < 1.29 is 4.79 Å². The molecule has 0 unspecified atom stereocenters. The highest BCUT2D eigenvalue weighted by atomic mass is 16.2. The number of nitrogen functional groups attached to an aromatic ring is 1. The van der Waals surface area contributed by atoms with Gasteiger partial charge in [0.15, 0.2) is 5.82 Å². The first kappa shape index (κ1) is 12.2. The van der Waals surface area contributed by atoms with E-state index in [-0.39, 0.29) is 5.91 Å². The van der Waals surface area contributed by atoms with Crippen molar-refractivity contribution in [3.63, 3.8) is 0 Å². The van der Waals surface area contributed by atoms with Crippen LogP contribution < -0.4 is 11.1 Å². The number of nitrogens with one attached hydrogen (secondary N) is 1. The first-order valence-corrected chi connectivity index (χ1v) is 5.77. The maximum Gasteiger partial charge on any atom is 0.287 e. The van der Waals surface area contributed by atoms with Crippen LogP contribution in [-0.4, -0.2) is 22.0 Å². The molecule has 5 nitrogen and oxygen atoms in total. The van der Waals surface area contributed by atoms with E-state index >= 15 is 0 Å². The number of anilines is 1. The molecule has 0 aliphatic heterocycles. The molecule has 0 bridgehead atoms. The van der Waals surface area contributed by atoms with Gasteiger partial charge in [-0.2, -0.15) is 0 Å². The van der Waals surface area contributed by atoms with Crippen LogP contribution in [0, 0.1) is 0 Å². The van der Waals surface area contributed by atoms with Crippen LogP contribution in [0.4, 0.5) is 5.69 Å². The largest absolute Gasteiger partial charge is 0.399 e. The van der Waals surface area contributed by atoms with E-state index in [1.165, 1.54) is 0 Å². The van der Waals surface area contributed by atoms with Crippen molar-refractivity contribution in [3.8, 4) is 0 Å². The Morgan fingerprint density at radius 2 is 2.11 bits per heavy atom. The smallest absolute Gasteiger partial charge is 0.287 e. The Morgan fingerprint density at radius 1 is 1.39 bits per heavy atom. The SMILES string of the molecule is Cn1ccnc1C(=O)NCCc1ccc(N)cc1. The van der Waals surface area contributed by atoms with E-state index in [1.54, 1.807) is 24.0 Å². The minimum Gasteiger partial charge on any atom is -0.399 e. The number of carbonyl (C=O) groups is 1. The minimum atomic E-state index is -0.155. The van der Waals surface area contributed by atoms with Crippen LogP contribution in [0.15, 0.2) is 36.7 Å². The summed E-state index contributed by atoms with van der Waals surface area (Å²) in [6.45, 7) is 0.579. The normalized spacial score (nSPS) is 10.3. The van der Waals surface area contributed by atoms with Crippen molar-refractivity contribution in [3.05, 3.63) is 48.0 Å². The summed E-state index contributed by atoms with van der Waals surface area (Å²) in [7, 11) is 1.79. The summed E-state index contributed by atoms with van der Waals surface area (Å²) >= 11 is 0. The first-order chi connectivity index (χ1) is 8.66. The van der Waals surface area contributed by atoms with Crippen LogP contribution >= 0.6 is 0 Å². The van der Waals surface area contributed by atoms with E-state index in [0.29, 0.717) is 12.4 Å². The molecule has 0 radical (unpaired) electrons. The van der Waals surface area contributed by atoms with Gasteiger partial charge >= 0.3 is 0 Å². The second-order valence-electron chi connectivity index (χ2n) is 4.11. The fourth-order valence-electron chi connectivity index (χ4n) is 1.67. The molecule has 18 heavy (non-hydrogen) atoms. The van der Waals surface area contributed by atoms with Crippen molar-refractivity contribution in [2.24, 2.45) is 7.05 Å². The van der Waals surface area contributed by atoms with E-state index < -0.39 is 0 Å². The van der Waals surface area contributed by atoms with E-state index in [0.717, 1.165) is 17.7 Å². The highest BCUT2D eigenvalue weighted by molar-refractivity contribution is 5.90. The van der Waals surface area contributed by atoms with E-state index in [2.05, 4.69) is 10.3 Å². The van der Waals surface area contributed by atoms with Crippen LogP contribution in [0.5, 0.6) is 0 Å². The number of amides is 1. The number of imidazole rings is 1. The summed E-state index contributed by atoms with van der Waals surface area (Å²) in [6, 6.07) is 7.64. The molecule has 0 aliphatic carbocycles. The average molecular weight is 244 g/mol. The average Bonchev–Trinajstić information content (AvgIpc) is 2.78. The topological polar surface area (TPSA) is 72.9 Å². The lowest BCUT2D eigenvalue weighted by atomic mass is 10.1. The lowest BCUT2D eigenvalue weighted by Gasteiger charge is -2.05. The summed E-state index contributed by atoms with van der Waals surface area (Å²) in [5, 5.41) is 2.84. The van der Waals surface area contributed by atoms with Crippen molar-refractivity contribution in [1.82, 2.24) is 14.9 Å². The molecular formula is C13H16N4O. The number of aromatic nitrogens is 2. The molecule has 0 spiro atoms. The van der Waals surface area contributed by atoms with Gasteiger partial charge in [0.25, 0.3) is 5.91 Å². The Morgan fingerprint density at radius 3 is 2.72 bits per heavy atom. The lowest BCUT2D eigenvalue weighted by Crippen LogP contribution is -2.28. The molecule has 0 saturated heterocycles. The van der Waals surface area contributed by atoms with E-state index in [9.17, 15) is 4.79 Å². The first-order valence-electron chi connectivity index (χ1n) is 5.77. The number of nitrogens with zero attached hydrogens (tertiary/aromatic N) is 2. The highest BCUT2D eigenvalue weighted by Gasteiger charge is 2.09. The van der Waals surface area contributed by atoms with Gasteiger partial charge in [-0.1, -0.05) is 12.1 Å². The van der Waals surface area contributed by atoms with Crippen molar-refractivity contribution in [2.75, 3.05) is 12.3 Å². The highest BCUT2D eigenvalue weighted by Crippen LogP contribution is 2.05. The van der Waals surface area contributed by atoms with Crippen LogP contribution in [-0.2, 0) is 13.5 Å². The summed E-state index contributed by atoms with van der Waals surface area (Å²) in [4.78, 5) is 15.7. The van der Waals surface area contributed by atoms with Gasteiger partial charge in [-0.15, -0.1) is 0 Å². The third kappa shape index (κ3) is 2.88. The summed E-state index contributed by atoms with van der Waals surface area (Å²) in [6.07, 6.45) is 4.13. The molecule has 1 heterocycles. The predicted octanol–water partition coefficient (Wildman–Crippen LogP) is 0.975. The predicted molar refractivity (Wildman–Crippen MR) is 70.1 cm³/mol. The second-order valence-corrected chi connectivity index (χ2v) is 4.11. The Labute approximate surface area is 106 Å². The van der Waals surface area contributed by atoms with Gasteiger partial charge in [0, 0.05) is 31.7 Å². The number of hydrogen-bond donors (Lipinski definition) is 2. The fraction of sp³-hybridized carbons (Fsp3) is 0.231.